The molecule has 0 bridgehead atoms. The lowest BCUT2D eigenvalue weighted by atomic mass is 10.0. The van der Waals surface area contributed by atoms with Crippen LogP contribution in [0.4, 0.5) is 5.82 Å². The van der Waals surface area contributed by atoms with Crippen LogP contribution in [0.2, 0.25) is 0 Å². The fraction of sp³-hybridized carbons (Fsp3) is 0.733. The van der Waals surface area contributed by atoms with E-state index in [1.807, 2.05) is 12.4 Å². The minimum absolute atomic E-state index is 0.663. The Morgan fingerprint density at radius 2 is 1.95 bits per heavy atom. The second-order valence-corrected chi connectivity index (χ2v) is 6.25. The summed E-state index contributed by atoms with van der Waals surface area (Å²) < 4.78 is 0. The van der Waals surface area contributed by atoms with E-state index in [0.29, 0.717) is 5.92 Å². The van der Waals surface area contributed by atoms with Crippen LogP contribution in [0.1, 0.15) is 33.4 Å². The summed E-state index contributed by atoms with van der Waals surface area (Å²) in [5.41, 5.74) is 1.03. The molecule has 1 saturated heterocycles. The maximum Gasteiger partial charge on any atom is 0.147 e. The van der Waals surface area contributed by atoms with E-state index in [9.17, 15) is 0 Å². The third-order valence-electron chi connectivity index (χ3n) is 3.84. The molecular weight excluding hydrogens is 236 g/mol. The van der Waals surface area contributed by atoms with Crippen LogP contribution in [0.3, 0.4) is 0 Å². The summed E-state index contributed by atoms with van der Waals surface area (Å²) in [4.78, 5) is 11.4. The molecule has 0 saturated carbocycles. The number of hydrogen-bond donors (Lipinski definition) is 1. The van der Waals surface area contributed by atoms with Crippen molar-refractivity contribution in [2.24, 2.45) is 17.8 Å². The van der Waals surface area contributed by atoms with Crippen LogP contribution in [0.5, 0.6) is 0 Å². The van der Waals surface area contributed by atoms with Crippen LogP contribution in [0, 0.1) is 17.8 Å². The fourth-order valence-electron chi connectivity index (χ4n) is 2.44. The Bertz CT molecular complexity index is 395. The second-order valence-electron chi connectivity index (χ2n) is 6.25. The Kier molecular flexibility index (Phi) is 4.75. The molecule has 1 fully saturated rings. The highest BCUT2D eigenvalue weighted by molar-refractivity contribution is 5.38. The van der Waals surface area contributed by atoms with Crippen molar-refractivity contribution < 1.29 is 0 Å². The molecule has 0 aliphatic carbocycles. The smallest absolute Gasteiger partial charge is 0.147 e. The highest BCUT2D eigenvalue weighted by Crippen LogP contribution is 2.25. The first kappa shape index (κ1) is 14.3. The Labute approximate surface area is 116 Å². The molecule has 0 aromatic carbocycles. The predicted octanol–water partition coefficient (Wildman–Crippen LogP) is 2.31. The van der Waals surface area contributed by atoms with Gasteiger partial charge in [0.15, 0.2) is 0 Å². The van der Waals surface area contributed by atoms with Gasteiger partial charge in [-0.15, -0.1) is 0 Å². The first-order chi connectivity index (χ1) is 9.06. The summed E-state index contributed by atoms with van der Waals surface area (Å²) in [7, 11) is 0. The topological polar surface area (TPSA) is 41.1 Å². The molecular formula is C15H26N4. The molecule has 0 radical (unpaired) electrons. The van der Waals surface area contributed by atoms with Crippen molar-refractivity contribution >= 4 is 5.82 Å². The Morgan fingerprint density at radius 1 is 1.26 bits per heavy atom. The lowest BCUT2D eigenvalue weighted by Gasteiger charge is -2.17. The van der Waals surface area contributed by atoms with Gasteiger partial charge in [-0.3, -0.25) is 4.98 Å². The van der Waals surface area contributed by atoms with Crippen molar-refractivity contribution in [1.29, 1.82) is 0 Å². The highest BCUT2D eigenvalue weighted by atomic mass is 15.2. The average molecular weight is 262 g/mol. The van der Waals surface area contributed by atoms with Gasteiger partial charge in [-0.2, -0.15) is 0 Å². The third-order valence-corrected chi connectivity index (χ3v) is 3.84. The van der Waals surface area contributed by atoms with Crippen molar-refractivity contribution in [2.75, 3.05) is 24.5 Å². The van der Waals surface area contributed by atoms with E-state index in [1.165, 1.54) is 0 Å². The quantitative estimate of drug-likeness (QED) is 0.884. The summed E-state index contributed by atoms with van der Waals surface area (Å²) in [5, 5.41) is 3.42. The zero-order chi connectivity index (χ0) is 13.8. The molecule has 1 aliphatic rings. The number of nitrogens with zero attached hydrogens (tertiary/aromatic N) is 3. The van der Waals surface area contributed by atoms with Crippen molar-refractivity contribution in [3.05, 3.63) is 18.1 Å². The van der Waals surface area contributed by atoms with E-state index in [0.717, 1.165) is 49.5 Å². The van der Waals surface area contributed by atoms with Crippen LogP contribution in [0.15, 0.2) is 12.4 Å². The minimum atomic E-state index is 0.663. The standard InChI is InChI=1S/C15H26N4/c1-11(2)5-16-6-14-7-17-8-15(18-14)19-9-12(3)13(4)10-19/h7-8,11-13,16H,5-6,9-10H2,1-4H3. The molecule has 4 nitrogen and oxygen atoms in total. The predicted molar refractivity (Wildman–Crippen MR) is 79.1 cm³/mol. The van der Waals surface area contributed by atoms with Gasteiger partial charge < -0.3 is 10.2 Å². The number of hydrogen-bond acceptors (Lipinski definition) is 4. The molecule has 0 spiro atoms. The number of anilines is 1. The first-order valence-electron chi connectivity index (χ1n) is 7.33. The number of aromatic nitrogens is 2. The van der Waals surface area contributed by atoms with E-state index in [-0.39, 0.29) is 0 Å². The van der Waals surface area contributed by atoms with Gasteiger partial charge in [-0.05, 0) is 24.3 Å². The Morgan fingerprint density at radius 3 is 2.58 bits per heavy atom. The molecule has 2 heterocycles. The van der Waals surface area contributed by atoms with Crippen LogP contribution < -0.4 is 10.2 Å². The highest BCUT2D eigenvalue weighted by Gasteiger charge is 2.27. The summed E-state index contributed by atoms with van der Waals surface area (Å²) >= 11 is 0. The van der Waals surface area contributed by atoms with E-state index in [2.05, 4.69) is 42.9 Å². The Hall–Kier alpha value is -1.16. The molecule has 106 valence electrons. The number of nitrogens with one attached hydrogen (secondary N) is 1. The number of rotatable bonds is 5. The fourth-order valence-corrected chi connectivity index (χ4v) is 2.44. The van der Waals surface area contributed by atoms with E-state index >= 15 is 0 Å². The lowest BCUT2D eigenvalue weighted by molar-refractivity contribution is 0.494. The van der Waals surface area contributed by atoms with Crippen LogP contribution in [-0.2, 0) is 6.54 Å². The maximum absolute atomic E-state index is 4.72. The second kappa shape index (κ2) is 6.33. The molecule has 2 rings (SSSR count). The molecule has 1 aliphatic heterocycles. The van der Waals surface area contributed by atoms with Gasteiger partial charge in [-0.25, -0.2) is 4.98 Å². The van der Waals surface area contributed by atoms with E-state index in [1.54, 1.807) is 0 Å². The van der Waals surface area contributed by atoms with Crippen molar-refractivity contribution in [3.8, 4) is 0 Å². The molecule has 1 aromatic rings. The van der Waals surface area contributed by atoms with Gasteiger partial charge in [0.05, 0.1) is 11.9 Å². The van der Waals surface area contributed by atoms with Crippen LogP contribution >= 0.6 is 0 Å². The van der Waals surface area contributed by atoms with Gasteiger partial charge in [0.2, 0.25) is 0 Å². The average Bonchev–Trinajstić information content (AvgIpc) is 2.70. The van der Waals surface area contributed by atoms with Gasteiger partial charge in [0.25, 0.3) is 0 Å². The van der Waals surface area contributed by atoms with E-state index in [4.69, 9.17) is 4.98 Å². The molecule has 2 atom stereocenters. The van der Waals surface area contributed by atoms with Crippen molar-refractivity contribution in [1.82, 2.24) is 15.3 Å². The van der Waals surface area contributed by atoms with Crippen molar-refractivity contribution in [3.63, 3.8) is 0 Å². The van der Waals surface area contributed by atoms with Gasteiger partial charge in [0.1, 0.15) is 5.82 Å². The maximum atomic E-state index is 4.72. The lowest BCUT2D eigenvalue weighted by Crippen LogP contribution is -2.23. The van der Waals surface area contributed by atoms with Gasteiger partial charge in [-0.1, -0.05) is 27.7 Å². The summed E-state index contributed by atoms with van der Waals surface area (Å²) in [6.45, 7) is 13.1. The third kappa shape index (κ3) is 3.90. The molecule has 19 heavy (non-hydrogen) atoms. The van der Waals surface area contributed by atoms with Gasteiger partial charge in [0, 0.05) is 25.8 Å². The molecule has 1 N–H and O–H groups in total. The zero-order valence-electron chi connectivity index (χ0n) is 12.6. The molecule has 2 unspecified atom stereocenters. The van der Waals surface area contributed by atoms with Crippen molar-refractivity contribution in [2.45, 2.75) is 34.2 Å². The summed E-state index contributed by atoms with van der Waals surface area (Å²) in [6, 6.07) is 0. The normalized spacial score (nSPS) is 23.3. The summed E-state index contributed by atoms with van der Waals surface area (Å²) in [6.07, 6.45) is 3.75. The SMILES string of the molecule is CC(C)CNCc1cncc(N2CC(C)C(C)C2)n1. The first-order valence-corrected chi connectivity index (χ1v) is 7.33. The molecule has 0 amide bonds. The Balaban J connectivity index is 1.95. The molecule has 4 heteroatoms. The monoisotopic (exact) mass is 262 g/mol. The summed E-state index contributed by atoms with van der Waals surface area (Å²) in [5.74, 6) is 3.17. The van der Waals surface area contributed by atoms with Crippen LogP contribution in [-0.4, -0.2) is 29.6 Å². The van der Waals surface area contributed by atoms with E-state index < -0.39 is 0 Å². The van der Waals surface area contributed by atoms with Crippen LogP contribution in [0.25, 0.3) is 0 Å². The minimum Gasteiger partial charge on any atom is -0.355 e. The molecule has 1 aromatic heterocycles. The largest absolute Gasteiger partial charge is 0.355 e. The van der Waals surface area contributed by atoms with Gasteiger partial charge >= 0.3 is 0 Å². The zero-order valence-corrected chi connectivity index (χ0v) is 12.6.